The smallest absolute Gasteiger partial charge is 0.370 e. The number of nitrogens with zero attached hydrogens (tertiary/aromatic N) is 3. The molecule has 0 radical (unpaired) electrons. The molecule has 0 N–H and O–H groups in total. The van der Waals surface area contributed by atoms with E-state index in [9.17, 15) is 13.2 Å². The second kappa shape index (κ2) is 7.44. The molecule has 0 saturated heterocycles. The number of hydrogen-bond acceptors (Lipinski definition) is 2. The van der Waals surface area contributed by atoms with E-state index in [0.29, 0.717) is 17.1 Å². The number of anilines is 1. The number of benzene rings is 2. The Hall–Kier alpha value is -2.99. The van der Waals surface area contributed by atoms with Gasteiger partial charge in [0.2, 0.25) is 0 Å². The van der Waals surface area contributed by atoms with Crippen molar-refractivity contribution in [3.63, 3.8) is 0 Å². The molecule has 0 spiro atoms. The summed E-state index contributed by atoms with van der Waals surface area (Å²) in [4.78, 5) is 2.09. The number of aromatic nitrogens is 2. The second-order valence-corrected chi connectivity index (χ2v) is 7.27. The van der Waals surface area contributed by atoms with Crippen LogP contribution in [0.1, 0.15) is 11.1 Å². The van der Waals surface area contributed by atoms with E-state index < -0.39 is 11.7 Å². The zero-order chi connectivity index (χ0) is 20.6. The van der Waals surface area contributed by atoms with Crippen molar-refractivity contribution < 1.29 is 13.2 Å². The molecule has 148 valence electrons. The van der Waals surface area contributed by atoms with Gasteiger partial charge >= 0.3 is 6.18 Å². The molecule has 2 aromatic carbocycles. The molecule has 3 nitrogen and oxygen atoms in total. The second-order valence-electron chi connectivity index (χ2n) is 6.83. The van der Waals surface area contributed by atoms with Crippen LogP contribution in [-0.2, 0) is 12.7 Å². The van der Waals surface area contributed by atoms with Gasteiger partial charge < -0.3 is 4.90 Å². The summed E-state index contributed by atoms with van der Waals surface area (Å²) in [6.45, 7) is 0.692. The summed E-state index contributed by atoms with van der Waals surface area (Å²) in [7, 11) is 1.98. The summed E-state index contributed by atoms with van der Waals surface area (Å²) < 4.78 is 40.2. The van der Waals surface area contributed by atoms with Gasteiger partial charge in [-0.2, -0.15) is 18.3 Å². The predicted octanol–water partition coefficient (Wildman–Crippen LogP) is 6.31. The standard InChI is InChI=1S/C22H17ClF3N3/c1-28(14-15-2-8-18(23)9-3-15)19-10-11-29-21(12-19)20(13-27-29)16-4-6-17(7-5-16)22(24,25)26/h2-13H,14H2,1H3. The van der Waals surface area contributed by atoms with Gasteiger partial charge in [-0.15, -0.1) is 0 Å². The molecule has 0 saturated carbocycles. The van der Waals surface area contributed by atoms with Gasteiger partial charge in [-0.1, -0.05) is 35.9 Å². The van der Waals surface area contributed by atoms with Crippen LogP contribution in [0.2, 0.25) is 5.02 Å². The number of halogens is 4. The summed E-state index contributed by atoms with van der Waals surface area (Å²) >= 11 is 5.94. The molecule has 0 amide bonds. The van der Waals surface area contributed by atoms with Crippen LogP contribution >= 0.6 is 11.6 Å². The van der Waals surface area contributed by atoms with Crippen molar-refractivity contribution in [1.29, 1.82) is 0 Å². The lowest BCUT2D eigenvalue weighted by Gasteiger charge is -2.20. The van der Waals surface area contributed by atoms with Crippen molar-refractivity contribution in [2.75, 3.05) is 11.9 Å². The molecule has 0 aliphatic heterocycles. The minimum Gasteiger partial charge on any atom is -0.370 e. The van der Waals surface area contributed by atoms with Crippen LogP contribution < -0.4 is 4.90 Å². The number of pyridine rings is 1. The summed E-state index contributed by atoms with van der Waals surface area (Å²) in [5.74, 6) is 0. The Labute approximate surface area is 171 Å². The van der Waals surface area contributed by atoms with E-state index in [4.69, 9.17) is 11.6 Å². The maximum Gasteiger partial charge on any atom is 0.416 e. The van der Waals surface area contributed by atoms with Gasteiger partial charge in [0.25, 0.3) is 0 Å². The summed E-state index contributed by atoms with van der Waals surface area (Å²) in [5.41, 5.74) is 3.71. The molecule has 2 heterocycles. The zero-order valence-electron chi connectivity index (χ0n) is 15.5. The van der Waals surface area contributed by atoms with Crippen LogP contribution in [0.15, 0.2) is 73.1 Å². The lowest BCUT2D eigenvalue weighted by Crippen LogP contribution is -2.16. The zero-order valence-corrected chi connectivity index (χ0v) is 16.2. The molecular weight excluding hydrogens is 399 g/mol. The highest BCUT2D eigenvalue weighted by atomic mass is 35.5. The quantitative estimate of drug-likeness (QED) is 0.389. The monoisotopic (exact) mass is 415 g/mol. The van der Waals surface area contributed by atoms with E-state index in [-0.39, 0.29) is 0 Å². The van der Waals surface area contributed by atoms with Crippen molar-refractivity contribution in [2.24, 2.45) is 0 Å². The largest absolute Gasteiger partial charge is 0.416 e. The number of hydrogen-bond donors (Lipinski definition) is 0. The lowest BCUT2D eigenvalue weighted by molar-refractivity contribution is -0.137. The van der Waals surface area contributed by atoms with Crippen LogP contribution in [0.25, 0.3) is 16.6 Å². The van der Waals surface area contributed by atoms with Crippen LogP contribution in [-0.4, -0.2) is 16.7 Å². The first-order chi connectivity index (χ1) is 13.8. The van der Waals surface area contributed by atoms with E-state index in [2.05, 4.69) is 10.00 Å². The summed E-state index contributed by atoms with van der Waals surface area (Å²) in [6.07, 6.45) is -0.839. The van der Waals surface area contributed by atoms with Crippen LogP contribution in [0.3, 0.4) is 0 Å². The fourth-order valence-corrected chi connectivity index (χ4v) is 3.35. The van der Waals surface area contributed by atoms with Crippen molar-refractivity contribution >= 4 is 22.8 Å². The molecule has 0 unspecified atom stereocenters. The maximum absolute atomic E-state index is 12.8. The topological polar surface area (TPSA) is 20.5 Å². The van der Waals surface area contributed by atoms with Gasteiger partial charge in [0, 0.05) is 36.1 Å². The Bertz CT molecular complexity index is 1130. The van der Waals surface area contributed by atoms with Crippen LogP contribution in [0, 0.1) is 0 Å². The fourth-order valence-electron chi connectivity index (χ4n) is 3.22. The molecule has 4 aromatic rings. The van der Waals surface area contributed by atoms with Crippen molar-refractivity contribution in [1.82, 2.24) is 9.61 Å². The third-order valence-electron chi connectivity index (χ3n) is 4.80. The molecule has 0 bridgehead atoms. The molecule has 29 heavy (non-hydrogen) atoms. The van der Waals surface area contributed by atoms with Gasteiger partial charge in [0.1, 0.15) is 0 Å². The Kier molecular flexibility index (Phi) is 4.96. The van der Waals surface area contributed by atoms with Crippen molar-refractivity contribution in [2.45, 2.75) is 12.7 Å². The van der Waals surface area contributed by atoms with E-state index in [1.54, 1.807) is 10.7 Å². The summed E-state index contributed by atoms with van der Waals surface area (Å²) in [5, 5.41) is 5.01. The maximum atomic E-state index is 12.8. The van der Waals surface area contributed by atoms with Gasteiger partial charge in [-0.3, -0.25) is 0 Å². The minimum absolute atomic E-state index is 0.666. The van der Waals surface area contributed by atoms with Crippen molar-refractivity contribution in [3.05, 3.63) is 89.2 Å². The van der Waals surface area contributed by atoms with Gasteiger partial charge in [-0.05, 0) is 47.5 Å². The average molecular weight is 416 g/mol. The lowest BCUT2D eigenvalue weighted by atomic mass is 10.0. The minimum atomic E-state index is -4.35. The van der Waals surface area contributed by atoms with Crippen molar-refractivity contribution in [3.8, 4) is 11.1 Å². The SMILES string of the molecule is CN(Cc1ccc(Cl)cc1)c1ccn2ncc(-c3ccc(C(F)(F)F)cc3)c2c1. The van der Waals surface area contributed by atoms with Gasteiger partial charge in [0.05, 0.1) is 17.3 Å². The van der Waals surface area contributed by atoms with E-state index in [1.165, 1.54) is 12.1 Å². The number of rotatable bonds is 4. The number of alkyl halides is 3. The molecular formula is C22H17ClF3N3. The molecule has 0 aliphatic rings. The van der Waals surface area contributed by atoms with E-state index >= 15 is 0 Å². The number of fused-ring (bicyclic) bond motifs is 1. The Morgan fingerprint density at radius 3 is 2.34 bits per heavy atom. The Morgan fingerprint density at radius 2 is 1.69 bits per heavy atom. The first-order valence-electron chi connectivity index (χ1n) is 8.92. The molecule has 4 rings (SSSR count). The average Bonchev–Trinajstić information content (AvgIpc) is 3.12. The molecule has 0 atom stereocenters. The highest BCUT2D eigenvalue weighted by Crippen LogP contribution is 2.32. The Balaban J connectivity index is 1.64. The van der Waals surface area contributed by atoms with Gasteiger partial charge in [0.15, 0.2) is 0 Å². The molecule has 0 aliphatic carbocycles. The first kappa shape index (κ1) is 19.3. The molecule has 0 fully saturated rings. The van der Waals surface area contributed by atoms with Crippen LogP contribution in [0.5, 0.6) is 0 Å². The third-order valence-corrected chi connectivity index (χ3v) is 5.05. The van der Waals surface area contributed by atoms with Gasteiger partial charge in [-0.25, -0.2) is 4.52 Å². The molecule has 2 aromatic heterocycles. The third kappa shape index (κ3) is 4.07. The first-order valence-corrected chi connectivity index (χ1v) is 9.30. The highest BCUT2D eigenvalue weighted by molar-refractivity contribution is 6.30. The summed E-state index contributed by atoms with van der Waals surface area (Å²) in [6, 6.07) is 16.7. The molecule has 7 heteroatoms. The van der Waals surface area contributed by atoms with E-state index in [0.717, 1.165) is 34.5 Å². The fraction of sp³-hybridized carbons (Fsp3) is 0.136. The predicted molar refractivity (Wildman–Crippen MR) is 109 cm³/mol. The highest BCUT2D eigenvalue weighted by Gasteiger charge is 2.30. The van der Waals surface area contributed by atoms with E-state index in [1.807, 2.05) is 49.6 Å². The van der Waals surface area contributed by atoms with Crippen LogP contribution in [0.4, 0.5) is 18.9 Å². The Morgan fingerprint density at radius 1 is 1.00 bits per heavy atom. The normalized spacial score (nSPS) is 11.8.